The molecule has 0 bridgehead atoms. The SMILES string of the molecule is COc1cc(CO)nc(C(C)(SC)c2cccc(Cl)c2N)n1. The molecule has 0 radical (unpaired) electrons. The summed E-state index contributed by atoms with van der Waals surface area (Å²) in [5, 5.41) is 9.88. The van der Waals surface area contributed by atoms with E-state index >= 15 is 0 Å². The van der Waals surface area contributed by atoms with Crippen molar-refractivity contribution in [2.45, 2.75) is 18.3 Å². The molecular formula is C15H18ClN3O2S. The van der Waals surface area contributed by atoms with Gasteiger partial charge < -0.3 is 15.6 Å². The first-order valence-corrected chi connectivity index (χ1v) is 8.19. The zero-order valence-electron chi connectivity index (χ0n) is 12.6. The summed E-state index contributed by atoms with van der Waals surface area (Å²) >= 11 is 7.68. The van der Waals surface area contributed by atoms with Gasteiger partial charge in [0.25, 0.3) is 0 Å². The average Bonchev–Trinajstić information content (AvgIpc) is 2.56. The molecule has 0 aliphatic carbocycles. The highest BCUT2D eigenvalue weighted by molar-refractivity contribution is 7.99. The predicted molar refractivity (Wildman–Crippen MR) is 90.3 cm³/mol. The molecule has 0 aliphatic rings. The third-order valence-electron chi connectivity index (χ3n) is 3.53. The number of hydrogen-bond acceptors (Lipinski definition) is 6. The Morgan fingerprint density at radius 1 is 1.41 bits per heavy atom. The zero-order valence-corrected chi connectivity index (χ0v) is 14.2. The Kier molecular flexibility index (Phi) is 5.16. The molecule has 5 nitrogen and oxygen atoms in total. The maximum Gasteiger partial charge on any atom is 0.216 e. The summed E-state index contributed by atoms with van der Waals surface area (Å²) in [6.45, 7) is 1.77. The number of nitrogen functional groups attached to an aromatic ring is 1. The van der Waals surface area contributed by atoms with Crippen molar-refractivity contribution >= 4 is 29.1 Å². The number of anilines is 1. The van der Waals surface area contributed by atoms with Gasteiger partial charge in [-0.2, -0.15) is 4.98 Å². The van der Waals surface area contributed by atoms with Crippen LogP contribution in [0.1, 0.15) is 24.0 Å². The number of methoxy groups -OCH3 is 1. The first kappa shape index (κ1) is 16.9. The second-order valence-corrected chi connectivity index (χ2v) is 6.45. The second-order valence-electron chi connectivity index (χ2n) is 4.82. The van der Waals surface area contributed by atoms with Crippen molar-refractivity contribution in [1.29, 1.82) is 0 Å². The van der Waals surface area contributed by atoms with Gasteiger partial charge >= 0.3 is 0 Å². The van der Waals surface area contributed by atoms with E-state index in [0.29, 0.717) is 28.1 Å². The lowest BCUT2D eigenvalue weighted by atomic mass is 9.97. The van der Waals surface area contributed by atoms with Gasteiger partial charge in [-0.1, -0.05) is 23.7 Å². The summed E-state index contributed by atoms with van der Waals surface area (Å²) in [6.07, 6.45) is 1.95. The smallest absolute Gasteiger partial charge is 0.216 e. The fraction of sp³-hybridized carbons (Fsp3) is 0.333. The molecular weight excluding hydrogens is 322 g/mol. The average molecular weight is 340 g/mol. The van der Waals surface area contributed by atoms with E-state index in [1.807, 2.05) is 25.3 Å². The molecule has 0 saturated carbocycles. The molecule has 0 saturated heterocycles. The highest BCUT2D eigenvalue weighted by atomic mass is 35.5. The van der Waals surface area contributed by atoms with Crippen molar-refractivity contribution in [3.63, 3.8) is 0 Å². The summed E-state index contributed by atoms with van der Waals surface area (Å²) in [5.41, 5.74) is 7.95. The van der Waals surface area contributed by atoms with Gasteiger partial charge in [-0.25, -0.2) is 4.98 Å². The lowest BCUT2D eigenvalue weighted by Gasteiger charge is -2.28. The number of hydrogen-bond donors (Lipinski definition) is 2. The molecule has 2 rings (SSSR count). The summed E-state index contributed by atoms with van der Waals surface area (Å²) in [4.78, 5) is 8.86. The molecule has 0 aliphatic heterocycles. The number of halogens is 1. The third-order valence-corrected chi connectivity index (χ3v) is 5.08. The van der Waals surface area contributed by atoms with Gasteiger partial charge in [0, 0.05) is 6.07 Å². The second kappa shape index (κ2) is 6.73. The molecule has 2 aromatic rings. The Hall–Kier alpha value is -1.50. The Balaban J connectivity index is 2.66. The number of nitrogens with zero attached hydrogens (tertiary/aromatic N) is 2. The van der Waals surface area contributed by atoms with Gasteiger partial charge in [0.05, 0.1) is 34.9 Å². The Bertz CT molecular complexity index is 662. The summed E-state index contributed by atoms with van der Waals surface area (Å²) in [5.74, 6) is 0.910. The van der Waals surface area contributed by atoms with E-state index in [2.05, 4.69) is 9.97 Å². The summed E-state index contributed by atoms with van der Waals surface area (Å²) in [6, 6.07) is 7.09. The maximum atomic E-state index is 9.39. The molecule has 1 aromatic carbocycles. The van der Waals surface area contributed by atoms with Gasteiger partial charge in [-0.05, 0) is 24.8 Å². The van der Waals surface area contributed by atoms with Crippen LogP contribution in [0, 0.1) is 0 Å². The number of benzene rings is 1. The minimum absolute atomic E-state index is 0.193. The van der Waals surface area contributed by atoms with Crippen molar-refractivity contribution in [2.24, 2.45) is 0 Å². The molecule has 118 valence electrons. The molecule has 3 N–H and O–H groups in total. The maximum absolute atomic E-state index is 9.39. The topological polar surface area (TPSA) is 81.3 Å². The van der Waals surface area contributed by atoms with Crippen LogP contribution in [0.5, 0.6) is 5.88 Å². The number of thioether (sulfide) groups is 1. The minimum Gasteiger partial charge on any atom is -0.481 e. The number of aliphatic hydroxyl groups is 1. The van der Waals surface area contributed by atoms with Crippen LogP contribution in [-0.4, -0.2) is 28.4 Å². The lowest BCUT2D eigenvalue weighted by molar-refractivity contribution is 0.274. The van der Waals surface area contributed by atoms with Gasteiger partial charge in [-0.3, -0.25) is 0 Å². The van der Waals surface area contributed by atoms with Crippen molar-refractivity contribution < 1.29 is 9.84 Å². The number of nitrogens with two attached hydrogens (primary N) is 1. The van der Waals surface area contributed by atoms with Crippen LogP contribution in [0.2, 0.25) is 5.02 Å². The minimum atomic E-state index is -0.618. The largest absolute Gasteiger partial charge is 0.481 e. The van der Waals surface area contributed by atoms with E-state index in [-0.39, 0.29) is 6.61 Å². The molecule has 1 unspecified atom stereocenters. The van der Waals surface area contributed by atoms with Crippen molar-refractivity contribution in [3.05, 3.63) is 46.4 Å². The molecule has 7 heteroatoms. The first-order chi connectivity index (χ1) is 10.5. The highest BCUT2D eigenvalue weighted by Crippen LogP contribution is 2.44. The van der Waals surface area contributed by atoms with Crippen LogP contribution in [0.15, 0.2) is 24.3 Å². The van der Waals surface area contributed by atoms with E-state index in [1.54, 1.807) is 12.1 Å². The van der Waals surface area contributed by atoms with E-state index in [9.17, 15) is 5.11 Å². The van der Waals surface area contributed by atoms with E-state index in [1.165, 1.54) is 18.9 Å². The van der Waals surface area contributed by atoms with Crippen LogP contribution in [-0.2, 0) is 11.4 Å². The summed E-state index contributed by atoms with van der Waals surface area (Å²) in [7, 11) is 1.53. The van der Waals surface area contributed by atoms with E-state index < -0.39 is 4.75 Å². The molecule has 1 aromatic heterocycles. The third kappa shape index (κ3) is 2.99. The quantitative estimate of drug-likeness (QED) is 0.815. The van der Waals surface area contributed by atoms with Crippen molar-refractivity contribution in [1.82, 2.24) is 9.97 Å². The van der Waals surface area contributed by atoms with Crippen LogP contribution < -0.4 is 10.5 Å². The van der Waals surface area contributed by atoms with Crippen LogP contribution in [0.3, 0.4) is 0 Å². The molecule has 0 spiro atoms. The monoisotopic (exact) mass is 339 g/mol. The highest BCUT2D eigenvalue weighted by Gasteiger charge is 2.34. The van der Waals surface area contributed by atoms with Gasteiger partial charge in [-0.15, -0.1) is 11.8 Å². The predicted octanol–water partition coefficient (Wildman–Crippen LogP) is 2.84. The standard InChI is InChI=1S/C15H18ClN3O2S/c1-15(22-3,10-5-4-6-11(16)13(10)17)14-18-9(8-20)7-12(19-14)21-2/h4-7,20H,8,17H2,1-3H3. The molecule has 0 amide bonds. The van der Waals surface area contributed by atoms with Gasteiger partial charge in [0.1, 0.15) is 0 Å². The number of rotatable bonds is 5. The molecule has 0 fully saturated rings. The fourth-order valence-electron chi connectivity index (χ4n) is 2.15. The molecule has 1 atom stereocenters. The van der Waals surface area contributed by atoms with E-state index in [0.717, 1.165) is 5.56 Å². The zero-order chi connectivity index (χ0) is 16.3. The Labute approximate surface area is 138 Å². The summed E-state index contributed by atoms with van der Waals surface area (Å²) < 4.78 is 4.58. The van der Waals surface area contributed by atoms with Gasteiger partial charge in [0.2, 0.25) is 5.88 Å². The fourth-order valence-corrected chi connectivity index (χ4v) is 2.99. The van der Waals surface area contributed by atoms with Crippen LogP contribution in [0.25, 0.3) is 0 Å². The lowest BCUT2D eigenvalue weighted by Crippen LogP contribution is -2.24. The first-order valence-electron chi connectivity index (χ1n) is 6.59. The number of para-hydroxylation sites is 1. The van der Waals surface area contributed by atoms with Crippen LogP contribution in [0.4, 0.5) is 5.69 Å². The van der Waals surface area contributed by atoms with Gasteiger partial charge in [0.15, 0.2) is 5.82 Å². The van der Waals surface area contributed by atoms with Crippen LogP contribution >= 0.6 is 23.4 Å². The van der Waals surface area contributed by atoms with Crippen molar-refractivity contribution in [3.8, 4) is 5.88 Å². The van der Waals surface area contributed by atoms with Crippen molar-refractivity contribution in [2.75, 3.05) is 19.1 Å². The number of aromatic nitrogens is 2. The molecule has 22 heavy (non-hydrogen) atoms. The molecule has 1 heterocycles. The number of aliphatic hydroxyl groups excluding tert-OH is 1. The van der Waals surface area contributed by atoms with E-state index in [4.69, 9.17) is 22.1 Å². The Morgan fingerprint density at radius 3 is 2.73 bits per heavy atom. The number of ether oxygens (including phenoxy) is 1. The Morgan fingerprint density at radius 2 is 2.14 bits per heavy atom. The normalized spacial score (nSPS) is 13.7.